The maximum Gasteiger partial charge on any atom is 0.240 e. The van der Waals surface area contributed by atoms with E-state index in [2.05, 4.69) is 24.5 Å². The van der Waals surface area contributed by atoms with Gasteiger partial charge in [0.2, 0.25) is 5.91 Å². The predicted molar refractivity (Wildman–Crippen MR) is 127 cm³/mol. The Bertz CT molecular complexity index is 654. The van der Waals surface area contributed by atoms with Gasteiger partial charge in [-0.2, -0.15) is 0 Å². The number of amides is 1. The van der Waals surface area contributed by atoms with E-state index in [0.29, 0.717) is 30.8 Å². The number of carbonyl (C=O) groups excluding carboxylic acids is 1. The Morgan fingerprint density at radius 1 is 1.09 bits per heavy atom. The molecule has 9 heteroatoms. The Hall–Kier alpha value is -0.420. The van der Waals surface area contributed by atoms with Crippen LogP contribution in [0.15, 0.2) is 0 Å². The van der Waals surface area contributed by atoms with Crippen LogP contribution in [0.1, 0.15) is 58.8 Å². The van der Waals surface area contributed by atoms with Crippen molar-refractivity contribution in [3.05, 3.63) is 0 Å². The van der Waals surface area contributed by atoms with Crippen LogP contribution in [0.5, 0.6) is 0 Å². The molecule has 4 aliphatic rings. The van der Waals surface area contributed by atoms with Gasteiger partial charge in [0, 0.05) is 13.2 Å². The first kappa shape index (κ1) is 25.7. The molecule has 0 radical (unpaired) electrons. The minimum atomic E-state index is -1.29. The Morgan fingerprint density at radius 3 is 2.70 bits per heavy atom. The second kappa shape index (κ2) is 11.5. The third-order valence-corrected chi connectivity index (χ3v) is 8.97. The summed E-state index contributed by atoms with van der Waals surface area (Å²) in [6.45, 7) is 5.97. The molecule has 5 unspecified atom stereocenters. The van der Waals surface area contributed by atoms with E-state index in [4.69, 9.17) is 9.47 Å². The Labute approximate surface area is 201 Å². The molecule has 0 saturated carbocycles. The van der Waals surface area contributed by atoms with Crippen molar-refractivity contribution in [3.63, 3.8) is 0 Å². The second-order valence-electron chi connectivity index (χ2n) is 10.8. The molecule has 5 N–H and O–H groups in total. The van der Waals surface area contributed by atoms with E-state index >= 15 is 0 Å². The van der Waals surface area contributed by atoms with Crippen molar-refractivity contribution in [2.24, 2.45) is 17.8 Å². The Balaban J connectivity index is 1.43. The molecule has 0 aliphatic carbocycles. The Morgan fingerprint density at radius 2 is 1.91 bits per heavy atom. The molecule has 2 bridgehead atoms. The van der Waals surface area contributed by atoms with Gasteiger partial charge in [-0.15, -0.1) is 11.8 Å². The molecule has 4 aliphatic heterocycles. The summed E-state index contributed by atoms with van der Waals surface area (Å²) >= 11 is 1.47. The molecule has 33 heavy (non-hydrogen) atoms. The van der Waals surface area contributed by atoms with Gasteiger partial charge in [0.15, 0.2) is 0 Å². The zero-order valence-corrected chi connectivity index (χ0v) is 20.7. The van der Waals surface area contributed by atoms with Crippen LogP contribution in [0.2, 0.25) is 0 Å². The number of ether oxygens (including phenoxy) is 2. The topological polar surface area (TPSA) is 120 Å². The van der Waals surface area contributed by atoms with Gasteiger partial charge < -0.3 is 35.4 Å². The number of hydrogen-bond acceptors (Lipinski definition) is 8. The normalized spacial score (nSPS) is 44.7. The lowest BCUT2D eigenvalue weighted by atomic mass is 9.85. The van der Waals surface area contributed by atoms with Gasteiger partial charge in [0.05, 0.1) is 12.1 Å². The molecule has 0 aromatic heterocycles. The van der Waals surface area contributed by atoms with Crippen molar-refractivity contribution >= 4 is 17.7 Å². The first-order valence-electron chi connectivity index (χ1n) is 12.8. The Kier molecular flexibility index (Phi) is 8.98. The van der Waals surface area contributed by atoms with Crippen LogP contribution >= 0.6 is 11.8 Å². The number of carbonyl (C=O) groups is 1. The molecular formula is C24H42N2O6S. The first-order valence-corrected chi connectivity index (χ1v) is 13.9. The van der Waals surface area contributed by atoms with E-state index in [0.717, 1.165) is 44.4 Å². The van der Waals surface area contributed by atoms with E-state index in [1.165, 1.54) is 18.2 Å². The molecule has 4 heterocycles. The van der Waals surface area contributed by atoms with E-state index in [-0.39, 0.29) is 12.0 Å². The molecule has 190 valence electrons. The number of hydrogen-bond donors (Lipinski definition) is 5. The second-order valence-corrected chi connectivity index (χ2v) is 12.0. The molecule has 1 amide bonds. The lowest BCUT2D eigenvalue weighted by Gasteiger charge is -2.44. The summed E-state index contributed by atoms with van der Waals surface area (Å²) < 4.78 is 12.2. The molecular weight excluding hydrogens is 444 g/mol. The van der Waals surface area contributed by atoms with Crippen LogP contribution in [0.3, 0.4) is 0 Å². The smallest absolute Gasteiger partial charge is 0.240 e. The first-order chi connectivity index (χ1) is 15.8. The number of rotatable bonds is 4. The maximum absolute atomic E-state index is 13.4. The van der Waals surface area contributed by atoms with Gasteiger partial charge >= 0.3 is 0 Å². The summed E-state index contributed by atoms with van der Waals surface area (Å²) in [7, 11) is 0. The van der Waals surface area contributed by atoms with Crippen LogP contribution in [-0.2, 0) is 14.3 Å². The van der Waals surface area contributed by atoms with Gasteiger partial charge in [0.25, 0.3) is 0 Å². The van der Waals surface area contributed by atoms with Gasteiger partial charge in [0.1, 0.15) is 35.9 Å². The highest BCUT2D eigenvalue weighted by molar-refractivity contribution is 7.99. The van der Waals surface area contributed by atoms with Crippen molar-refractivity contribution in [1.29, 1.82) is 0 Å². The minimum Gasteiger partial charge on any atom is -0.388 e. The van der Waals surface area contributed by atoms with Crippen molar-refractivity contribution in [2.45, 2.75) is 107 Å². The molecule has 4 fully saturated rings. The molecule has 4 saturated heterocycles. The summed E-state index contributed by atoms with van der Waals surface area (Å²) in [6, 6.07) is -0.860. The third-order valence-electron chi connectivity index (χ3n) is 7.73. The SMILES string of the molecule is CC(C)C[C@@H]1CCO[C@@H]2[C@H](CN[C@@H]2C(=O)N[C@@H]2CCCCCSC3OC2C(O)C(O)C3O)C1. The van der Waals surface area contributed by atoms with Crippen LogP contribution in [-0.4, -0.2) is 88.2 Å². The van der Waals surface area contributed by atoms with Crippen molar-refractivity contribution < 1.29 is 29.6 Å². The summed E-state index contributed by atoms with van der Waals surface area (Å²) in [6.07, 6.45) is 2.28. The van der Waals surface area contributed by atoms with Gasteiger partial charge in [-0.25, -0.2) is 0 Å². The lowest BCUT2D eigenvalue weighted by molar-refractivity contribution is -0.206. The predicted octanol–water partition coefficient (Wildman–Crippen LogP) is 1.02. The van der Waals surface area contributed by atoms with Crippen molar-refractivity contribution in [3.8, 4) is 0 Å². The zero-order chi connectivity index (χ0) is 23.5. The largest absolute Gasteiger partial charge is 0.388 e. The minimum absolute atomic E-state index is 0.132. The van der Waals surface area contributed by atoms with Crippen LogP contribution < -0.4 is 10.6 Å². The van der Waals surface area contributed by atoms with Crippen molar-refractivity contribution in [2.75, 3.05) is 18.9 Å². The van der Waals surface area contributed by atoms with E-state index in [9.17, 15) is 20.1 Å². The average Bonchev–Trinajstić information content (AvgIpc) is 3.06. The summed E-state index contributed by atoms with van der Waals surface area (Å²) in [5.74, 6) is 2.32. The zero-order valence-electron chi connectivity index (χ0n) is 19.9. The van der Waals surface area contributed by atoms with Crippen molar-refractivity contribution in [1.82, 2.24) is 10.6 Å². The molecule has 10 atom stereocenters. The number of aliphatic hydroxyl groups is 3. The van der Waals surface area contributed by atoms with Gasteiger partial charge in [-0.3, -0.25) is 4.79 Å². The molecule has 0 spiro atoms. The quantitative estimate of drug-likeness (QED) is 0.399. The highest BCUT2D eigenvalue weighted by atomic mass is 32.2. The van der Waals surface area contributed by atoms with Gasteiger partial charge in [-0.1, -0.05) is 26.7 Å². The number of fused-ring (bicyclic) bond motifs is 3. The third kappa shape index (κ3) is 6.05. The fourth-order valence-electron chi connectivity index (χ4n) is 6.05. The summed E-state index contributed by atoms with van der Waals surface area (Å²) in [4.78, 5) is 13.4. The highest BCUT2D eigenvalue weighted by Gasteiger charge is 2.49. The molecule has 4 rings (SSSR count). The molecule has 0 aromatic carbocycles. The molecule has 8 nitrogen and oxygen atoms in total. The average molecular weight is 487 g/mol. The maximum atomic E-state index is 13.4. The van der Waals surface area contributed by atoms with Gasteiger partial charge in [-0.05, 0) is 55.6 Å². The van der Waals surface area contributed by atoms with E-state index in [1.54, 1.807) is 0 Å². The summed E-state index contributed by atoms with van der Waals surface area (Å²) in [5, 5.41) is 38.0. The van der Waals surface area contributed by atoms with Crippen LogP contribution in [0.25, 0.3) is 0 Å². The number of nitrogens with one attached hydrogen (secondary N) is 2. The number of thioether (sulfide) groups is 1. The van der Waals surface area contributed by atoms with E-state index in [1.807, 2.05) is 0 Å². The van der Waals surface area contributed by atoms with Crippen LogP contribution in [0, 0.1) is 17.8 Å². The fourth-order valence-corrected chi connectivity index (χ4v) is 7.22. The lowest BCUT2D eigenvalue weighted by Crippen LogP contribution is -2.64. The fraction of sp³-hybridized carbons (Fsp3) is 0.958. The van der Waals surface area contributed by atoms with E-state index < -0.39 is 41.9 Å². The molecule has 0 aromatic rings. The van der Waals surface area contributed by atoms with Crippen LogP contribution in [0.4, 0.5) is 0 Å². The summed E-state index contributed by atoms with van der Waals surface area (Å²) in [5.41, 5.74) is -0.608. The number of aliphatic hydroxyl groups excluding tert-OH is 3. The monoisotopic (exact) mass is 486 g/mol. The highest BCUT2D eigenvalue weighted by Crippen LogP contribution is 2.35. The standard InChI is InChI=1S/C24H42N2O6S/c1-13(2)10-14-7-8-31-21-15(11-14)12-25-17(21)23(30)26-16-6-4-3-5-9-33-24-20(29)18(27)19(28)22(16)32-24/h13-22,24-25,27-29H,3-12H2,1-2H3,(H,26,30)/t14-,15-,16+,17-,18?,19?,20?,21+,22?,24?/m0/s1.